The van der Waals surface area contributed by atoms with Gasteiger partial charge in [-0.2, -0.15) is 0 Å². The number of thiazole rings is 1. The molecule has 0 spiro atoms. The van der Waals surface area contributed by atoms with Crippen LogP contribution in [-0.4, -0.2) is 24.0 Å². The lowest BCUT2D eigenvalue weighted by Gasteiger charge is -2.19. The number of ketones is 1. The SMILES string of the molecule is Nc1ncc(C(=O)C2CCOCC2)s1. The zero-order valence-electron chi connectivity index (χ0n) is 7.73. The molecule has 1 saturated heterocycles. The summed E-state index contributed by atoms with van der Waals surface area (Å²) in [5.74, 6) is 0.270. The second-order valence-electron chi connectivity index (χ2n) is 3.31. The molecule has 0 unspecified atom stereocenters. The van der Waals surface area contributed by atoms with Crippen molar-refractivity contribution in [1.82, 2.24) is 4.98 Å². The third-order valence-corrected chi connectivity index (χ3v) is 3.20. The van der Waals surface area contributed by atoms with Gasteiger partial charge >= 0.3 is 0 Å². The first-order valence-electron chi connectivity index (χ1n) is 4.60. The molecule has 2 rings (SSSR count). The summed E-state index contributed by atoms with van der Waals surface area (Å²) >= 11 is 1.27. The van der Waals surface area contributed by atoms with Crippen LogP contribution in [0.3, 0.4) is 0 Å². The molecule has 0 atom stereocenters. The lowest BCUT2D eigenvalue weighted by Crippen LogP contribution is -2.22. The zero-order chi connectivity index (χ0) is 9.97. The Kier molecular flexibility index (Phi) is 2.79. The second kappa shape index (κ2) is 4.06. The van der Waals surface area contributed by atoms with Crippen molar-refractivity contribution in [2.75, 3.05) is 18.9 Å². The topological polar surface area (TPSA) is 65.2 Å². The summed E-state index contributed by atoms with van der Waals surface area (Å²) in [6.07, 6.45) is 3.20. The highest BCUT2D eigenvalue weighted by atomic mass is 32.1. The smallest absolute Gasteiger partial charge is 0.180 e. The van der Waals surface area contributed by atoms with Gasteiger partial charge in [0.05, 0.1) is 11.1 Å². The van der Waals surface area contributed by atoms with E-state index in [4.69, 9.17) is 10.5 Å². The summed E-state index contributed by atoms with van der Waals surface area (Å²) in [6.45, 7) is 1.37. The first kappa shape index (κ1) is 9.61. The van der Waals surface area contributed by atoms with Crippen molar-refractivity contribution in [2.45, 2.75) is 12.8 Å². The van der Waals surface area contributed by atoms with Crippen LogP contribution in [0.1, 0.15) is 22.5 Å². The number of hydrogen-bond acceptors (Lipinski definition) is 5. The number of carbonyl (C=O) groups excluding carboxylic acids is 1. The summed E-state index contributed by atoms with van der Waals surface area (Å²) in [7, 11) is 0. The van der Waals surface area contributed by atoms with Gasteiger partial charge in [0.1, 0.15) is 0 Å². The molecule has 1 aliphatic heterocycles. The molecular formula is C9H12N2O2S. The number of Topliss-reactive ketones (excluding diaryl/α,β-unsaturated/α-hetero) is 1. The van der Waals surface area contributed by atoms with Gasteiger partial charge in [0.25, 0.3) is 0 Å². The molecule has 0 radical (unpaired) electrons. The van der Waals surface area contributed by atoms with E-state index in [0.29, 0.717) is 23.2 Å². The van der Waals surface area contributed by atoms with Crippen LogP contribution < -0.4 is 5.73 Å². The summed E-state index contributed by atoms with van der Waals surface area (Å²) < 4.78 is 5.20. The Morgan fingerprint density at radius 2 is 2.29 bits per heavy atom. The second-order valence-corrected chi connectivity index (χ2v) is 4.38. The molecule has 0 aromatic carbocycles. The van der Waals surface area contributed by atoms with Crippen molar-refractivity contribution in [3.63, 3.8) is 0 Å². The van der Waals surface area contributed by atoms with Crippen LogP contribution in [0.2, 0.25) is 0 Å². The minimum Gasteiger partial charge on any atom is -0.381 e. The predicted octanol–water partition coefficient (Wildman–Crippen LogP) is 1.33. The molecule has 1 aromatic rings. The molecule has 1 fully saturated rings. The van der Waals surface area contributed by atoms with Crippen LogP contribution >= 0.6 is 11.3 Å². The summed E-state index contributed by atoms with van der Waals surface area (Å²) in [4.78, 5) is 16.4. The van der Waals surface area contributed by atoms with Crippen molar-refractivity contribution in [2.24, 2.45) is 5.92 Å². The van der Waals surface area contributed by atoms with Gasteiger partial charge in [-0.3, -0.25) is 4.79 Å². The number of ether oxygens (including phenoxy) is 1. The molecule has 76 valence electrons. The average molecular weight is 212 g/mol. The number of hydrogen-bond donors (Lipinski definition) is 1. The Balaban J connectivity index is 2.07. The van der Waals surface area contributed by atoms with Gasteiger partial charge in [-0.15, -0.1) is 0 Å². The fourth-order valence-electron chi connectivity index (χ4n) is 1.56. The summed E-state index contributed by atoms with van der Waals surface area (Å²) in [5.41, 5.74) is 5.48. The molecule has 0 amide bonds. The molecular weight excluding hydrogens is 200 g/mol. The van der Waals surface area contributed by atoms with Crippen LogP contribution in [0.4, 0.5) is 5.13 Å². The minimum absolute atomic E-state index is 0.101. The van der Waals surface area contributed by atoms with Crippen molar-refractivity contribution in [3.8, 4) is 0 Å². The monoisotopic (exact) mass is 212 g/mol. The van der Waals surface area contributed by atoms with Crippen LogP contribution in [0.5, 0.6) is 0 Å². The largest absolute Gasteiger partial charge is 0.381 e. The van der Waals surface area contributed by atoms with Crippen molar-refractivity contribution >= 4 is 22.3 Å². The Labute approximate surface area is 86.1 Å². The number of nitrogen functional groups attached to an aromatic ring is 1. The minimum atomic E-state index is 0.101. The fourth-order valence-corrected chi connectivity index (χ4v) is 2.27. The van der Waals surface area contributed by atoms with Gasteiger partial charge in [0.15, 0.2) is 10.9 Å². The highest BCUT2D eigenvalue weighted by Crippen LogP contribution is 2.24. The number of anilines is 1. The third-order valence-electron chi connectivity index (χ3n) is 2.36. The van der Waals surface area contributed by atoms with E-state index >= 15 is 0 Å². The van der Waals surface area contributed by atoms with Gasteiger partial charge in [0, 0.05) is 19.1 Å². The predicted molar refractivity (Wildman–Crippen MR) is 54.4 cm³/mol. The maximum Gasteiger partial charge on any atom is 0.180 e. The molecule has 1 aromatic heterocycles. The number of carbonyl (C=O) groups is 1. The first-order chi connectivity index (χ1) is 6.77. The van der Waals surface area contributed by atoms with E-state index in [1.807, 2.05) is 0 Å². The molecule has 4 nitrogen and oxygen atoms in total. The number of rotatable bonds is 2. The highest BCUT2D eigenvalue weighted by Gasteiger charge is 2.24. The Morgan fingerprint density at radius 3 is 2.86 bits per heavy atom. The Morgan fingerprint density at radius 1 is 1.57 bits per heavy atom. The fraction of sp³-hybridized carbons (Fsp3) is 0.556. The van der Waals surface area contributed by atoms with E-state index < -0.39 is 0 Å². The van der Waals surface area contributed by atoms with E-state index in [9.17, 15) is 4.79 Å². The van der Waals surface area contributed by atoms with Crippen LogP contribution in [0, 0.1) is 5.92 Å². The first-order valence-corrected chi connectivity index (χ1v) is 5.42. The molecule has 5 heteroatoms. The molecule has 2 heterocycles. The molecule has 0 bridgehead atoms. The molecule has 0 aliphatic carbocycles. The van der Waals surface area contributed by atoms with Gasteiger partial charge in [0.2, 0.25) is 0 Å². The summed E-state index contributed by atoms with van der Waals surface area (Å²) in [6, 6.07) is 0. The Bertz CT molecular complexity index is 331. The van der Waals surface area contributed by atoms with Gasteiger partial charge in [-0.25, -0.2) is 4.98 Å². The van der Waals surface area contributed by atoms with Crippen LogP contribution in [-0.2, 0) is 4.74 Å². The molecule has 0 saturated carbocycles. The number of nitrogens with zero attached hydrogens (tertiary/aromatic N) is 1. The lowest BCUT2D eigenvalue weighted by molar-refractivity contribution is 0.0547. The number of aromatic nitrogens is 1. The van der Waals surface area contributed by atoms with Gasteiger partial charge in [-0.05, 0) is 12.8 Å². The standard InChI is InChI=1S/C9H12N2O2S/c10-9-11-5-7(14-9)8(12)6-1-3-13-4-2-6/h5-6H,1-4H2,(H2,10,11). The maximum absolute atomic E-state index is 11.9. The zero-order valence-corrected chi connectivity index (χ0v) is 8.55. The quantitative estimate of drug-likeness (QED) is 0.751. The van der Waals surface area contributed by atoms with Crippen molar-refractivity contribution in [1.29, 1.82) is 0 Å². The molecule has 1 aliphatic rings. The third kappa shape index (κ3) is 1.93. The van der Waals surface area contributed by atoms with Crippen molar-refractivity contribution in [3.05, 3.63) is 11.1 Å². The van der Waals surface area contributed by atoms with E-state index in [-0.39, 0.29) is 11.7 Å². The Hall–Kier alpha value is -0.940. The van der Waals surface area contributed by atoms with Gasteiger partial charge in [-0.1, -0.05) is 11.3 Å². The molecule has 2 N–H and O–H groups in total. The highest BCUT2D eigenvalue weighted by molar-refractivity contribution is 7.17. The number of nitrogens with two attached hydrogens (primary N) is 1. The van der Waals surface area contributed by atoms with E-state index in [1.54, 1.807) is 6.20 Å². The van der Waals surface area contributed by atoms with Crippen LogP contribution in [0.15, 0.2) is 6.20 Å². The van der Waals surface area contributed by atoms with Gasteiger partial charge < -0.3 is 10.5 Å². The maximum atomic E-state index is 11.9. The summed E-state index contributed by atoms with van der Waals surface area (Å²) in [5, 5.41) is 0.459. The lowest BCUT2D eigenvalue weighted by atomic mass is 9.95. The average Bonchev–Trinajstić information content (AvgIpc) is 2.65. The van der Waals surface area contributed by atoms with Crippen LogP contribution in [0.25, 0.3) is 0 Å². The van der Waals surface area contributed by atoms with E-state index in [0.717, 1.165) is 12.8 Å². The van der Waals surface area contributed by atoms with E-state index in [1.165, 1.54) is 11.3 Å². The normalized spacial score (nSPS) is 18.3. The van der Waals surface area contributed by atoms with E-state index in [2.05, 4.69) is 4.98 Å². The molecule has 14 heavy (non-hydrogen) atoms. The van der Waals surface area contributed by atoms with Crippen molar-refractivity contribution < 1.29 is 9.53 Å².